The van der Waals surface area contributed by atoms with Crippen molar-refractivity contribution in [2.45, 2.75) is 26.3 Å². The van der Waals surface area contributed by atoms with Crippen molar-refractivity contribution in [2.75, 3.05) is 33.9 Å². The largest absolute Gasteiger partial charge is 0.493 e. The predicted molar refractivity (Wildman–Crippen MR) is 89.0 cm³/mol. The third kappa shape index (κ3) is 2.92. The van der Waals surface area contributed by atoms with E-state index < -0.39 is 0 Å². The SMILES string of the molecule is CCN1C[C@@H](C(=O)N2CCc3cc(OC)c(OC)cc3C2)CC1=O. The van der Waals surface area contributed by atoms with Crippen LogP contribution in [-0.4, -0.2) is 55.5 Å². The predicted octanol–water partition coefficient (Wildman–Crippen LogP) is 1.46. The Labute approximate surface area is 142 Å². The maximum atomic E-state index is 12.8. The smallest absolute Gasteiger partial charge is 0.228 e. The lowest BCUT2D eigenvalue weighted by Crippen LogP contribution is -2.40. The molecule has 24 heavy (non-hydrogen) atoms. The van der Waals surface area contributed by atoms with Crippen LogP contribution in [-0.2, 0) is 22.6 Å². The molecule has 6 nitrogen and oxygen atoms in total. The number of likely N-dealkylation sites (tertiary alicyclic amines) is 1. The standard InChI is InChI=1S/C18H24N2O4/c1-4-19-11-14(9-17(19)21)18(22)20-6-5-12-7-15(23-2)16(24-3)8-13(12)10-20/h7-8,14H,4-6,9-11H2,1-3H3/t14-/m0/s1. The highest BCUT2D eigenvalue weighted by Gasteiger charge is 2.36. The lowest BCUT2D eigenvalue weighted by Gasteiger charge is -2.31. The van der Waals surface area contributed by atoms with E-state index in [1.54, 1.807) is 19.1 Å². The summed E-state index contributed by atoms with van der Waals surface area (Å²) >= 11 is 0. The van der Waals surface area contributed by atoms with Crippen molar-refractivity contribution in [2.24, 2.45) is 5.92 Å². The van der Waals surface area contributed by atoms with Crippen molar-refractivity contribution < 1.29 is 19.1 Å². The average Bonchev–Trinajstić information content (AvgIpc) is 3.00. The summed E-state index contributed by atoms with van der Waals surface area (Å²) in [7, 11) is 3.24. The zero-order valence-electron chi connectivity index (χ0n) is 14.5. The van der Waals surface area contributed by atoms with E-state index in [2.05, 4.69) is 0 Å². The van der Waals surface area contributed by atoms with E-state index in [1.807, 2.05) is 24.0 Å². The third-order valence-corrected chi connectivity index (χ3v) is 4.98. The first kappa shape index (κ1) is 16.6. The van der Waals surface area contributed by atoms with E-state index in [4.69, 9.17) is 9.47 Å². The zero-order chi connectivity index (χ0) is 17.3. The van der Waals surface area contributed by atoms with Crippen LogP contribution in [0.25, 0.3) is 0 Å². The van der Waals surface area contributed by atoms with Crippen LogP contribution in [0.5, 0.6) is 11.5 Å². The fourth-order valence-corrected chi connectivity index (χ4v) is 3.57. The average molecular weight is 332 g/mol. The summed E-state index contributed by atoms with van der Waals surface area (Å²) in [6.45, 7) is 4.40. The second-order valence-corrected chi connectivity index (χ2v) is 6.32. The molecule has 1 fully saturated rings. The minimum atomic E-state index is -0.209. The van der Waals surface area contributed by atoms with E-state index in [0.717, 1.165) is 17.7 Å². The molecule has 0 aliphatic carbocycles. The van der Waals surface area contributed by atoms with Gasteiger partial charge in [-0.25, -0.2) is 0 Å². The fourth-order valence-electron chi connectivity index (χ4n) is 3.57. The molecule has 0 spiro atoms. The van der Waals surface area contributed by atoms with Gasteiger partial charge in [-0.05, 0) is 36.6 Å². The van der Waals surface area contributed by atoms with Gasteiger partial charge >= 0.3 is 0 Å². The number of fused-ring (bicyclic) bond motifs is 1. The van der Waals surface area contributed by atoms with Crippen LogP contribution in [0, 0.1) is 5.92 Å². The molecule has 2 aliphatic rings. The summed E-state index contributed by atoms with van der Waals surface area (Å²) in [6, 6.07) is 3.94. The molecular formula is C18H24N2O4. The van der Waals surface area contributed by atoms with Gasteiger partial charge in [0.1, 0.15) is 0 Å². The molecule has 2 amide bonds. The van der Waals surface area contributed by atoms with Crippen molar-refractivity contribution in [1.29, 1.82) is 0 Å². The van der Waals surface area contributed by atoms with Gasteiger partial charge in [-0.1, -0.05) is 0 Å². The Morgan fingerprint density at radius 3 is 2.46 bits per heavy atom. The summed E-state index contributed by atoms with van der Waals surface area (Å²) in [4.78, 5) is 28.3. The molecule has 0 saturated carbocycles. The van der Waals surface area contributed by atoms with Gasteiger partial charge in [0.15, 0.2) is 11.5 Å². The molecule has 1 saturated heterocycles. The molecule has 0 radical (unpaired) electrons. The lowest BCUT2D eigenvalue weighted by molar-refractivity contribution is -0.136. The van der Waals surface area contributed by atoms with Crippen LogP contribution in [0.1, 0.15) is 24.5 Å². The van der Waals surface area contributed by atoms with Crippen LogP contribution < -0.4 is 9.47 Å². The van der Waals surface area contributed by atoms with Gasteiger partial charge in [-0.15, -0.1) is 0 Å². The molecule has 1 aromatic carbocycles. The second-order valence-electron chi connectivity index (χ2n) is 6.32. The Morgan fingerprint density at radius 1 is 1.21 bits per heavy atom. The molecule has 0 bridgehead atoms. The first-order chi connectivity index (χ1) is 11.6. The Kier molecular flexibility index (Phi) is 4.64. The number of methoxy groups -OCH3 is 2. The molecule has 6 heteroatoms. The quantitative estimate of drug-likeness (QED) is 0.837. The number of carbonyl (C=O) groups is 2. The summed E-state index contributed by atoms with van der Waals surface area (Å²) in [5.41, 5.74) is 2.28. The lowest BCUT2D eigenvalue weighted by atomic mass is 9.97. The monoisotopic (exact) mass is 332 g/mol. The third-order valence-electron chi connectivity index (χ3n) is 4.98. The second kappa shape index (κ2) is 6.71. The van der Waals surface area contributed by atoms with Crippen molar-refractivity contribution in [1.82, 2.24) is 9.80 Å². The first-order valence-corrected chi connectivity index (χ1v) is 8.37. The van der Waals surface area contributed by atoms with Gasteiger partial charge in [0.25, 0.3) is 0 Å². The van der Waals surface area contributed by atoms with Gasteiger partial charge in [0.05, 0.1) is 20.1 Å². The van der Waals surface area contributed by atoms with Crippen LogP contribution in [0.4, 0.5) is 0 Å². The summed E-state index contributed by atoms with van der Waals surface area (Å²) in [5, 5.41) is 0. The molecule has 1 atom stereocenters. The Bertz CT molecular complexity index is 659. The molecule has 0 N–H and O–H groups in total. The fraction of sp³-hybridized carbons (Fsp3) is 0.556. The molecule has 2 heterocycles. The highest BCUT2D eigenvalue weighted by atomic mass is 16.5. The van der Waals surface area contributed by atoms with E-state index >= 15 is 0 Å². The van der Waals surface area contributed by atoms with Crippen molar-refractivity contribution in [3.05, 3.63) is 23.3 Å². The number of ether oxygens (including phenoxy) is 2. The van der Waals surface area contributed by atoms with Crippen molar-refractivity contribution in [3.63, 3.8) is 0 Å². The number of hydrogen-bond acceptors (Lipinski definition) is 4. The van der Waals surface area contributed by atoms with E-state index in [9.17, 15) is 9.59 Å². The topological polar surface area (TPSA) is 59.1 Å². The molecule has 0 aromatic heterocycles. The summed E-state index contributed by atoms with van der Waals surface area (Å²) < 4.78 is 10.7. The molecule has 1 aromatic rings. The van der Waals surface area contributed by atoms with Crippen LogP contribution in [0.2, 0.25) is 0 Å². The van der Waals surface area contributed by atoms with Gasteiger partial charge < -0.3 is 19.3 Å². The molecule has 0 unspecified atom stereocenters. The molecule has 2 aliphatic heterocycles. The first-order valence-electron chi connectivity index (χ1n) is 8.37. The summed E-state index contributed by atoms with van der Waals surface area (Å²) in [5.74, 6) is 1.35. The number of nitrogens with zero attached hydrogens (tertiary/aromatic N) is 2. The summed E-state index contributed by atoms with van der Waals surface area (Å²) in [6.07, 6.45) is 1.13. The number of rotatable bonds is 4. The highest BCUT2D eigenvalue weighted by molar-refractivity contribution is 5.89. The maximum absolute atomic E-state index is 12.8. The van der Waals surface area contributed by atoms with Crippen LogP contribution in [0.3, 0.4) is 0 Å². The minimum Gasteiger partial charge on any atom is -0.493 e. The number of benzene rings is 1. The molecule has 130 valence electrons. The Hall–Kier alpha value is -2.24. The van der Waals surface area contributed by atoms with Crippen LogP contribution >= 0.6 is 0 Å². The van der Waals surface area contributed by atoms with E-state index in [1.165, 1.54) is 5.56 Å². The number of amides is 2. The van der Waals surface area contributed by atoms with Gasteiger partial charge in [0.2, 0.25) is 11.8 Å². The maximum Gasteiger partial charge on any atom is 0.228 e. The van der Waals surface area contributed by atoms with E-state index in [-0.39, 0.29) is 17.7 Å². The highest BCUT2D eigenvalue weighted by Crippen LogP contribution is 2.34. The number of hydrogen-bond donors (Lipinski definition) is 0. The number of carbonyl (C=O) groups excluding carboxylic acids is 2. The van der Waals surface area contributed by atoms with Gasteiger partial charge in [-0.2, -0.15) is 0 Å². The van der Waals surface area contributed by atoms with E-state index in [0.29, 0.717) is 38.3 Å². The van der Waals surface area contributed by atoms with Gasteiger partial charge in [0, 0.05) is 32.6 Å². The van der Waals surface area contributed by atoms with Gasteiger partial charge in [-0.3, -0.25) is 9.59 Å². The normalized spacial score (nSPS) is 20.1. The zero-order valence-corrected chi connectivity index (χ0v) is 14.5. The molecular weight excluding hydrogens is 308 g/mol. The Balaban J connectivity index is 1.75. The van der Waals surface area contributed by atoms with Crippen LogP contribution in [0.15, 0.2) is 12.1 Å². The van der Waals surface area contributed by atoms with Crippen molar-refractivity contribution in [3.8, 4) is 11.5 Å². The molecule has 3 rings (SSSR count). The Morgan fingerprint density at radius 2 is 1.88 bits per heavy atom. The van der Waals surface area contributed by atoms with Crippen molar-refractivity contribution >= 4 is 11.8 Å². The minimum absolute atomic E-state index is 0.0830.